The summed E-state index contributed by atoms with van der Waals surface area (Å²) in [6.07, 6.45) is 3.70. The van der Waals surface area contributed by atoms with Gasteiger partial charge >= 0.3 is 0 Å². The molecule has 4 rings (SSSR count). The van der Waals surface area contributed by atoms with Gasteiger partial charge in [0.15, 0.2) is 0 Å². The van der Waals surface area contributed by atoms with E-state index in [0.717, 1.165) is 30.3 Å². The second kappa shape index (κ2) is 4.93. The highest BCUT2D eigenvalue weighted by Gasteiger charge is 2.59. The Hall–Kier alpha value is -0.650. The summed E-state index contributed by atoms with van der Waals surface area (Å²) in [6, 6.07) is 5.15. The van der Waals surface area contributed by atoms with Gasteiger partial charge in [0, 0.05) is 11.0 Å². The Bertz CT molecular complexity index is 559. The number of benzene rings is 1. The molecule has 3 aliphatic rings. The Morgan fingerprint density at radius 1 is 1.38 bits per heavy atom. The lowest BCUT2D eigenvalue weighted by Crippen LogP contribution is -2.61. The summed E-state index contributed by atoms with van der Waals surface area (Å²) in [5.74, 6) is 0.220. The van der Waals surface area contributed by atoms with Crippen molar-refractivity contribution in [2.45, 2.75) is 43.4 Å². The molecular formula is C16H19BrFNO2. The van der Waals surface area contributed by atoms with Crippen LogP contribution in [0.2, 0.25) is 0 Å². The first-order valence-electron chi connectivity index (χ1n) is 7.64. The standard InChI is InChI=1S/C16H19BrFNO2/c17-11-4-5-13(12(18)8-11)19-7-6-16(9-21-16)15(20)14(19)10-2-1-3-10/h4-5,8,10,14-15,20H,1-3,6-7,9H2/t14?,15-,16-/m1/s1. The fourth-order valence-corrected chi connectivity index (χ4v) is 4.12. The van der Waals surface area contributed by atoms with Crippen LogP contribution in [0.3, 0.4) is 0 Å². The zero-order chi connectivity index (χ0) is 14.6. The molecule has 1 spiro atoms. The zero-order valence-corrected chi connectivity index (χ0v) is 13.4. The predicted octanol–water partition coefficient (Wildman–Crippen LogP) is 3.10. The minimum Gasteiger partial charge on any atom is -0.388 e. The molecule has 3 fully saturated rings. The summed E-state index contributed by atoms with van der Waals surface area (Å²) in [5, 5.41) is 10.8. The summed E-state index contributed by atoms with van der Waals surface area (Å²) in [7, 11) is 0. The van der Waals surface area contributed by atoms with Gasteiger partial charge in [-0.1, -0.05) is 22.4 Å². The van der Waals surface area contributed by atoms with Gasteiger partial charge in [0.2, 0.25) is 0 Å². The molecule has 1 aromatic carbocycles. The van der Waals surface area contributed by atoms with Gasteiger partial charge in [-0.05, 0) is 43.4 Å². The summed E-state index contributed by atoms with van der Waals surface area (Å²) in [4.78, 5) is 2.07. The monoisotopic (exact) mass is 355 g/mol. The third kappa shape index (κ3) is 2.21. The first-order chi connectivity index (χ1) is 10.1. The number of epoxide rings is 1. The van der Waals surface area contributed by atoms with E-state index in [1.807, 2.05) is 12.1 Å². The predicted molar refractivity (Wildman–Crippen MR) is 81.9 cm³/mol. The smallest absolute Gasteiger partial charge is 0.147 e. The molecular weight excluding hydrogens is 337 g/mol. The van der Waals surface area contributed by atoms with Crippen LogP contribution < -0.4 is 4.90 Å². The quantitative estimate of drug-likeness (QED) is 0.828. The lowest BCUT2D eigenvalue weighted by atomic mass is 9.72. The normalized spacial score (nSPS) is 35.9. The van der Waals surface area contributed by atoms with Gasteiger partial charge in [-0.2, -0.15) is 0 Å². The molecule has 0 aromatic heterocycles. The molecule has 0 radical (unpaired) electrons. The number of hydrogen-bond acceptors (Lipinski definition) is 3. The van der Waals surface area contributed by atoms with E-state index in [0.29, 0.717) is 18.2 Å². The van der Waals surface area contributed by atoms with Crippen molar-refractivity contribution in [2.75, 3.05) is 18.1 Å². The first kappa shape index (κ1) is 14.0. The summed E-state index contributed by atoms with van der Waals surface area (Å²) >= 11 is 3.30. The molecule has 1 saturated carbocycles. The van der Waals surface area contributed by atoms with Gasteiger partial charge in [-0.3, -0.25) is 0 Å². The molecule has 114 valence electrons. The molecule has 2 saturated heterocycles. The fourth-order valence-electron chi connectivity index (χ4n) is 3.78. The number of piperidine rings is 1. The Morgan fingerprint density at radius 2 is 2.14 bits per heavy atom. The number of nitrogens with zero attached hydrogens (tertiary/aromatic N) is 1. The first-order valence-corrected chi connectivity index (χ1v) is 8.44. The molecule has 21 heavy (non-hydrogen) atoms. The average molecular weight is 356 g/mol. The van der Waals surface area contributed by atoms with Crippen molar-refractivity contribution in [3.63, 3.8) is 0 Å². The van der Waals surface area contributed by atoms with E-state index in [1.54, 1.807) is 0 Å². The van der Waals surface area contributed by atoms with Crippen LogP contribution in [0.4, 0.5) is 10.1 Å². The van der Waals surface area contributed by atoms with Crippen molar-refractivity contribution in [3.8, 4) is 0 Å². The number of ether oxygens (including phenoxy) is 1. The Balaban J connectivity index is 1.68. The van der Waals surface area contributed by atoms with Gasteiger partial charge in [0.25, 0.3) is 0 Å². The van der Waals surface area contributed by atoms with Crippen LogP contribution in [-0.4, -0.2) is 36.0 Å². The molecule has 3 atom stereocenters. The largest absolute Gasteiger partial charge is 0.388 e. The average Bonchev–Trinajstić information content (AvgIpc) is 3.16. The number of halogens is 2. The Morgan fingerprint density at radius 3 is 2.71 bits per heavy atom. The fraction of sp³-hybridized carbons (Fsp3) is 0.625. The Kier molecular flexibility index (Phi) is 3.28. The van der Waals surface area contributed by atoms with Crippen LogP contribution in [0.25, 0.3) is 0 Å². The molecule has 0 amide bonds. The lowest BCUT2D eigenvalue weighted by molar-refractivity contribution is -0.000683. The van der Waals surface area contributed by atoms with Gasteiger partial charge in [0.05, 0.1) is 18.3 Å². The molecule has 1 N–H and O–H groups in total. The van der Waals surface area contributed by atoms with E-state index in [9.17, 15) is 9.50 Å². The highest BCUT2D eigenvalue weighted by atomic mass is 79.9. The second-order valence-corrected chi connectivity index (χ2v) is 7.43. The van der Waals surface area contributed by atoms with Crippen LogP contribution in [0.15, 0.2) is 22.7 Å². The molecule has 2 aliphatic heterocycles. The van der Waals surface area contributed by atoms with E-state index in [4.69, 9.17) is 4.74 Å². The minimum absolute atomic E-state index is 0.0225. The minimum atomic E-state index is -0.514. The topological polar surface area (TPSA) is 36.0 Å². The van der Waals surface area contributed by atoms with E-state index in [2.05, 4.69) is 20.8 Å². The van der Waals surface area contributed by atoms with Crippen molar-refractivity contribution in [1.82, 2.24) is 0 Å². The van der Waals surface area contributed by atoms with E-state index in [1.165, 1.54) is 12.5 Å². The van der Waals surface area contributed by atoms with E-state index >= 15 is 0 Å². The van der Waals surface area contributed by atoms with Crippen LogP contribution in [-0.2, 0) is 4.74 Å². The van der Waals surface area contributed by atoms with Crippen LogP contribution >= 0.6 is 15.9 Å². The van der Waals surface area contributed by atoms with Gasteiger partial charge in [-0.25, -0.2) is 4.39 Å². The van der Waals surface area contributed by atoms with Crippen molar-refractivity contribution >= 4 is 21.6 Å². The lowest BCUT2D eigenvalue weighted by Gasteiger charge is -2.49. The van der Waals surface area contributed by atoms with E-state index in [-0.39, 0.29) is 17.5 Å². The number of rotatable bonds is 2. The number of anilines is 1. The van der Waals surface area contributed by atoms with Gasteiger partial charge in [0.1, 0.15) is 17.5 Å². The summed E-state index contributed by atoms with van der Waals surface area (Å²) in [5.41, 5.74) is 0.257. The molecule has 0 bridgehead atoms. The van der Waals surface area contributed by atoms with Crippen molar-refractivity contribution < 1.29 is 14.2 Å². The molecule has 1 unspecified atom stereocenters. The maximum absolute atomic E-state index is 14.3. The van der Waals surface area contributed by atoms with Crippen molar-refractivity contribution in [2.24, 2.45) is 5.92 Å². The third-order valence-electron chi connectivity index (χ3n) is 5.37. The summed E-state index contributed by atoms with van der Waals surface area (Å²) in [6.45, 7) is 1.39. The SMILES string of the molecule is O[C@@H]1C(C2CCC2)N(c2ccc(Br)cc2F)CC[C@@]12CO2. The van der Waals surface area contributed by atoms with Crippen LogP contribution in [0.5, 0.6) is 0 Å². The second-order valence-electron chi connectivity index (χ2n) is 6.52. The van der Waals surface area contributed by atoms with Gasteiger partial charge in [-0.15, -0.1) is 0 Å². The molecule has 5 heteroatoms. The highest BCUT2D eigenvalue weighted by Crippen LogP contribution is 2.47. The van der Waals surface area contributed by atoms with E-state index < -0.39 is 6.10 Å². The van der Waals surface area contributed by atoms with Crippen molar-refractivity contribution in [3.05, 3.63) is 28.5 Å². The molecule has 2 heterocycles. The highest BCUT2D eigenvalue weighted by molar-refractivity contribution is 9.10. The molecule has 3 nitrogen and oxygen atoms in total. The van der Waals surface area contributed by atoms with Crippen LogP contribution in [0.1, 0.15) is 25.7 Å². The number of aliphatic hydroxyl groups excluding tert-OH is 1. The number of aliphatic hydroxyl groups is 1. The third-order valence-corrected chi connectivity index (χ3v) is 5.86. The Labute approximate surface area is 132 Å². The van der Waals surface area contributed by atoms with Crippen LogP contribution in [0, 0.1) is 11.7 Å². The zero-order valence-electron chi connectivity index (χ0n) is 11.8. The number of hydrogen-bond donors (Lipinski definition) is 1. The molecule has 1 aliphatic carbocycles. The summed E-state index contributed by atoms with van der Waals surface area (Å²) < 4.78 is 20.6. The van der Waals surface area contributed by atoms with Gasteiger partial charge < -0.3 is 14.7 Å². The van der Waals surface area contributed by atoms with Crippen molar-refractivity contribution in [1.29, 1.82) is 0 Å². The molecule has 1 aromatic rings. The maximum Gasteiger partial charge on any atom is 0.147 e. The maximum atomic E-state index is 14.3.